The number of hydrogen-bond acceptors (Lipinski definition) is 2. The van der Waals surface area contributed by atoms with Crippen molar-refractivity contribution in [1.82, 2.24) is 0 Å². The molecule has 4 rings (SSSR count). The maximum atomic E-state index is 11.4. The molecule has 2 aliphatic rings. The third kappa shape index (κ3) is 4.19. The van der Waals surface area contributed by atoms with E-state index in [9.17, 15) is 15.0 Å². The quantitative estimate of drug-likeness (QED) is 0.574. The average molecular weight is 433 g/mol. The molecule has 1 fully saturated rings. The van der Waals surface area contributed by atoms with Crippen LogP contribution >= 0.6 is 23.2 Å². The summed E-state index contributed by atoms with van der Waals surface area (Å²) in [6.07, 6.45) is 4.64. The normalized spacial score (nSPS) is 28.4. The smallest absolute Gasteiger partial charge is 0.335 e. The molecule has 29 heavy (non-hydrogen) atoms. The van der Waals surface area contributed by atoms with E-state index in [1.807, 2.05) is 18.2 Å². The van der Waals surface area contributed by atoms with Crippen LogP contribution in [-0.2, 0) is 12.8 Å². The molecule has 2 aromatic rings. The van der Waals surface area contributed by atoms with E-state index < -0.39 is 5.97 Å². The summed E-state index contributed by atoms with van der Waals surface area (Å²) in [6, 6.07) is 13.6. The van der Waals surface area contributed by atoms with Gasteiger partial charge in [0.15, 0.2) is 0 Å². The van der Waals surface area contributed by atoms with Gasteiger partial charge in [-0.05, 0) is 72.8 Å². The molecule has 0 aromatic heterocycles. The Kier molecular flexibility index (Phi) is 6.19. The van der Waals surface area contributed by atoms with Crippen molar-refractivity contribution in [2.75, 3.05) is 0 Å². The Labute approximate surface area is 181 Å². The van der Waals surface area contributed by atoms with Crippen LogP contribution in [-0.4, -0.2) is 26.9 Å². The zero-order valence-corrected chi connectivity index (χ0v) is 17.7. The van der Waals surface area contributed by atoms with Gasteiger partial charge in [0, 0.05) is 16.7 Å². The third-order valence-corrected chi connectivity index (χ3v) is 7.55. The molecule has 0 radical (unpaired) electrons. The molecular weight excluding hydrogens is 407 g/mol. The van der Waals surface area contributed by atoms with E-state index in [0.29, 0.717) is 5.56 Å². The highest BCUT2D eigenvalue weighted by Gasteiger charge is 2.42. The third-order valence-electron chi connectivity index (χ3n) is 6.60. The van der Waals surface area contributed by atoms with Crippen molar-refractivity contribution in [2.24, 2.45) is 5.92 Å². The second kappa shape index (κ2) is 8.67. The van der Waals surface area contributed by atoms with Crippen LogP contribution in [0, 0.1) is 5.92 Å². The molecule has 0 saturated heterocycles. The minimum absolute atomic E-state index is 0.00168. The van der Waals surface area contributed by atoms with Gasteiger partial charge in [0.2, 0.25) is 0 Å². The van der Waals surface area contributed by atoms with Crippen LogP contribution in [0.15, 0.2) is 42.5 Å². The lowest BCUT2D eigenvalue weighted by Crippen LogP contribution is -2.17. The first-order valence-corrected chi connectivity index (χ1v) is 11.2. The molecule has 5 atom stereocenters. The van der Waals surface area contributed by atoms with Gasteiger partial charge in [0.05, 0.1) is 11.7 Å². The maximum absolute atomic E-state index is 11.4. The standard InChI is InChI=1S/C24H26Cl2O3/c25-20-13-21(26)23(16-8-10-17-15(12-16)9-11-22(17)27)19(20)7-3-5-14-4-1-2-6-18(14)24(28)29/h1-2,4,6,8,10,12,19-23,27H,3,5,7,9,11,13H2,(H,28,29). The Bertz CT molecular complexity index is 897. The Hall–Kier alpha value is -1.55. The molecule has 154 valence electrons. The van der Waals surface area contributed by atoms with Gasteiger partial charge in [-0.3, -0.25) is 0 Å². The van der Waals surface area contributed by atoms with Crippen molar-refractivity contribution < 1.29 is 15.0 Å². The highest BCUT2D eigenvalue weighted by Crippen LogP contribution is 2.48. The number of aryl methyl sites for hydroxylation is 2. The lowest BCUT2D eigenvalue weighted by Gasteiger charge is -2.24. The molecule has 1 saturated carbocycles. The molecule has 2 aromatic carbocycles. The summed E-state index contributed by atoms with van der Waals surface area (Å²) in [5.41, 5.74) is 4.74. The van der Waals surface area contributed by atoms with E-state index in [1.165, 1.54) is 11.1 Å². The van der Waals surface area contributed by atoms with E-state index in [4.69, 9.17) is 23.2 Å². The number of carbonyl (C=O) groups is 1. The minimum atomic E-state index is -0.879. The van der Waals surface area contributed by atoms with Crippen LogP contribution < -0.4 is 0 Å². The molecule has 2 aliphatic carbocycles. The number of aliphatic hydroxyl groups excluding tert-OH is 1. The number of halogens is 2. The number of alkyl halides is 2. The average Bonchev–Trinajstić information content (AvgIpc) is 3.20. The Morgan fingerprint density at radius 2 is 1.90 bits per heavy atom. The number of aromatic carboxylic acids is 1. The number of fused-ring (bicyclic) bond motifs is 1. The molecule has 5 unspecified atom stereocenters. The predicted octanol–water partition coefficient (Wildman–Crippen LogP) is 5.71. The van der Waals surface area contributed by atoms with E-state index in [0.717, 1.165) is 49.7 Å². The molecule has 2 N–H and O–H groups in total. The minimum Gasteiger partial charge on any atom is -0.478 e. The number of hydrogen-bond donors (Lipinski definition) is 2. The van der Waals surface area contributed by atoms with Gasteiger partial charge < -0.3 is 10.2 Å². The van der Waals surface area contributed by atoms with Crippen LogP contribution in [0.2, 0.25) is 0 Å². The zero-order chi connectivity index (χ0) is 20.5. The van der Waals surface area contributed by atoms with Gasteiger partial charge >= 0.3 is 5.97 Å². The fourth-order valence-corrected chi connectivity index (χ4v) is 6.23. The van der Waals surface area contributed by atoms with E-state index >= 15 is 0 Å². The van der Waals surface area contributed by atoms with E-state index in [-0.39, 0.29) is 28.7 Å². The van der Waals surface area contributed by atoms with Crippen molar-refractivity contribution in [3.8, 4) is 0 Å². The Balaban J connectivity index is 1.48. The summed E-state index contributed by atoms with van der Waals surface area (Å²) in [5, 5.41) is 19.5. The summed E-state index contributed by atoms with van der Waals surface area (Å²) in [4.78, 5) is 11.4. The molecule has 0 heterocycles. The van der Waals surface area contributed by atoms with Gasteiger partial charge in [-0.25, -0.2) is 4.79 Å². The fourth-order valence-electron chi connectivity index (χ4n) is 5.14. The van der Waals surface area contributed by atoms with Crippen molar-refractivity contribution in [1.29, 1.82) is 0 Å². The number of carboxylic acids is 1. The molecule has 0 amide bonds. The van der Waals surface area contributed by atoms with Gasteiger partial charge in [-0.2, -0.15) is 0 Å². The van der Waals surface area contributed by atoms with Gasteiger partial charge in [0.25, 0.3) is 0 Å². The monoisotopic (exact) mass is 432 g/mol. The van der Waals surface area contributed by atoms with Gasteiger partial charge in [0.1, 0.15) is 0 Å². The van der Waals surface area contributed by atoms with Gasteiger partial charge in [-0.15, -0.1) is 23.2 Å². The van der Waals surface area contributed by atoms with Crippen molar-refractivity contribution >= 4 is 29.2 Å². The summed E-state index contributed by atoms with van der Waals surface area (Å²) in [6.45, 7) is 0. The van der Waals surface area contributed by atoms with Crippen molar-refractivity contribution in [3.63, 3.8) is 0 Å². The van der Waals surface area contributed by atoms with Crippen LogP contribution in [0.25, 0.3) is 0 Å². The van der Waals surface area contributed by atoms with Crippen molar-refractivity contribution in [2.45, 2.75) is 61.3 Å². The van der Waals surface area contributed by atoms with Gasteiger partial charge in [-0.1, -0.05) is 36.4 Å². The Morgan fingerprint density at radius 3 is 2.69 bits per heavy atom. The lowest BCUT2D eigenvalue weighted by atomic mass is 9.83. The summed E-state index contributed by atoms with van der Waals surface area (Å²) in [7, 11) is 0. The summed E-state index contributed by atoms with van der Waals surface area (Å²) < 4.78 is 0. The van der Waals surface area contributed by atoms with Crippen LogP contribution in [0.1, 0.15) is 70.3 Å². The summed E-state index contributed by atoms with van der Waals surface area (Å²) in [5.74, 6) is -0.423. The molecule has 0 spiro atoms. The first-order chi connectivity index (χ1) is 14.0. The molecule has 3 nitrogen and oxygen atoms in total. The highest BCUT2D eigenvalue weighted by atomic mass is 35.5. The Morgan fingerprint density at radius 1 is 1.10 bits per heavy atom. The molecular formula is C24H26Cl2O3. The molecule has 0 bridgehead atoms. The van der Waals surface area contributed by atoms with E-state index in [1.54, 1.807) is 12.1 Å². The van der Waals surface area contributed by atoms with Crippen LogP contribution in [0.4, 0.5) is 0 Å². The maximum Gasteiger partial charge on any atom is 0.335 e. The molecule has 0 aliphatic heterocycles. The predicted molar refractivity (Wildman–Crippen MR) is 116 cm³/mol. The van der Waals surface area contributed by atoms with Crippen LogP contribution in [0.3, 0.4) is 0 Å². The highest BCUT2D eigenvalue weighted by molar-refractivity contribution is 6.25. The number of benzene rings is 2. The van der Waals surface area contributed by atoms with E-state index in [2.05, 4.69) is 12.1 Å². The number of carboxylic acid groups (broad SMARTS) is 1. The second-order valence-corrected chi connectivity index (χ2v) is 9.45. The first-order valence-electron chi connectivity index (χ1n) is 10.4. The second-order valence-electron chi connectivity index (χ2n) is 8.32. The van der Waals surface area contributed by atoms with Crippen molar-refractivity contribution in [3.05, 3.63) is 70.3 Å². The largest absolute Gasteiger partial charge is 0.478 e. The number of rotatable bonds is 6. The fraction of sp³-hybridized carbons (Fsp3) is 0.458. The zero-order valence-electron chi connectivity index (χ0n) is 16.2. The lowest BCUT2D eigenvalue weighted by molar-refractivity contribution is 0.0695. The first kappa shape index (κ1) is 20.7. The molecule has 5 heteroatoms. The van der Waals surface area contributed by atoms with Crippen LogP contribution in [0.5, 0.6) is 0 Å². The summed E-state index contributed by atoms with van der Waals surface area (Å²) >= 11 is 13.4. The topological polar surface area (TPSA) is 57.5 Å². The SMILES string of the molecule is O=C(O)c1ccccc1CCCC1C(Cl)CC(Cl)C1c1ccc2c(c1)CCC2O. The number of aliphatic hydroxyl groups is 1.